The predicted octanol–water partition coefficient (Wildman–Crippen LogP) is 4.93. The van der Waals surface area contributed by atoms with Gasteiger partial charge in [0.05, 0.1) is 23.9 Å². The smallest absolute Gasteiger partial charge is 0.337 e. The number of aromatic nitrogens is 1. The molecule has 1 atom stereocenters. The van der Waals surface area contributed by atoms with E-state index in [2.05, 4.69) is 5.10 Å². The largest absolute Gasteiger partial charge is 0.465 e. The number of para-hydroxylation sites is 1. The average molecular weight is 451 g/mol. The second-order valence-electron chi connectivity index (χ2n) is 7.79. The van der Waals surface area contributed by atoms with Crippen molar-refractivity contribution in [2.75, 3.05) is 7.11 Å². The molecule has 0 radical (unpaired) electrons. The first-order valence-electron chi connectivity index (χ1n) is 10.7. The lowest BCUT2D eigenvalue weighted by molar-refractivity contribution is -0.135. The molecule has 0 bridgehead atoms. The van der Waals surface area contributed by atoms with E-state index in [1.54, 1.807) is 24.3 Å². The Hall–Kier alpha value is -4.52. The van der Waals surface area contributed by atoms with E-state index in [4.69, 9.17) is 14.5 Å². The summed E-state index contributed by atoms with van der Waals surface area (Å²) >= 11 is 0. The van der Waals surface area contributed by atoms with Gasteiger partial charge in [-0.25, -0.2) is 9.78 Å². The average Bonchev–Trinajstić information content (AvgIpc) is 3.34. The second-order valence-corrected chi connectivity index (χ2v) is 7.79. The van der Waals surface area contributed by atoms with Crippen LogP contribution < -0.4 is 0 Å². The Labute approximate surface area is 196 Å². The van der Waals surface area contributed by atoms with Crippen molar-refractivity contribution in [3.05, 3.63) is 102 Å². The number of fused-ring (bicyclic) bond motifs is 1. The van der Waals surface area contributed by atoms with Crippen LogP contribution in [-0.4, -0.2) is 34.9 Å². The number of esters is 1. The van der Waals surface area contributed by atoms with Crippen LogP contribution in [0.1, 0.15) is 34.6 Å². The first-order valence-corrected chi connectivity index (χ1v) is 10.7. The number of benzene rings is 3. The van der Waals surface area contributed by atoms with E-state index in [1.165, 1.54) is 19.0 Å². The molecule has 34 heavy (non-hydrogen) atoms. The summed E-state index contributed by atoms with van der Waals surface area (Å²) in [7, 11) is 1.33. The lowest BCUT2D eigenvalue weighted by atomic mass is 10.0. The van der Waals surface area contributed by atoms with E-state index in [1.807, 2.05) is 60.7 Å². The monoisotopic (exact) mass is 451 g/mol. The summed E-state index contributed by atoms with van der Waals surface area (Å²) in [6.45, 7) is 1.45. The van der Waals surface area contributed by atoms with E-state index >= 15 is 0 Å². The lowest BCUT2D eigenvalue weighted by Gasteiger charge is -2.21. The molecule has 168 valence electrons. The van der Waals surface area contributed by atoms with Crippen molar-refractivity contribution < 1.29 is 19.1 Å². The Bertz CT molecular complexity index is 1420. The summed E-state index contributed by atoms with van der Waals surface area (Å²) in [4.78, 5) is 29.1. The summed E-state index contributed by atoms with van der Waals surface area (Å²) in [5.74, 6) is -0.395. The number of hydrazone groups is 1. The van der Waals surface area contributed by atoms with Gasteiger partial charge in [0.25, 0.3) is 0 Å². The Morgan fingerprint density at radius 1 is 0.912 bits per heavy atom. The molecule has 0 fully saturated rings. The molecule has 0 N–H and O–H groups in total. The topological polar surface area (TPSA) is 81.1 Å². The first-order chi connectivity index (χ1) is 16.5. The molecule has 2 heterocycles. The van der Waals surface area contributed by atoms with Crippen LogP contribution in [0.5, 0.6) is 0 Å². The summed E-state index contributed by atoms with van der Waals surface area (Å²) in [6.07, 6.45) is -0.761. The van der Waals surface area contributed by atoms with Crippen molar-refractivity contribution in [1.29, 1.82) is 0 Å². The van der Waals surface area contributed by atoms with Gasteiger partial charge >= 0.3 is 5.97 Å². The van der Waals surface area contributed by atoms with E-state index < -0.39 is 12.2 Å². The number of ether oxygens (including phenoxy) is 2. The molecular weight excluding hydrogens is 430 g/mol. The third kappa shape index (κ3) is 3.88. The molecule has 0 saturated heterocycles. The van der Waals surface area contributed by atoms with Crippen LogP contribution in [0.4, 0.5) is 0 Å². The highest BCUT2D eigenvalue weighted by atomic mass is 16.5. The minimum atomic E-state index is -0.761. The Balaban J connectivity index is 1.58. The summed E-state index contributed by atoms with van der Waals surface area (Å²) < 4.78 is 11.0. The molecule has 4 aromatic rings. The molecule has 0 saturated carbocycles. The quantitative estimate of drug-likeness (QED) is 0.411. The molecule has 1 unspecified atom stereocenters. The van der Waals surface area contributed by atoms with Crippen molar-refractivity contribution in [3.8, 4) is 11.3 Å². The summed E-state index contributed by atoms with van der Waals surface area (Å²) in [5.41, 5.74) is 4.37. The SMILES string of the molecule is COC(=O)c1ccc(C2=NN(C(C)=O)C(c3cc(-c4ccccc4)nc4ccccc34)O2)cc1. The number of rotatable bonds is 4. The van der Waals surface area contributed by atoms with Gasteiger partial charge in [-0.15, -0.1) is 5.10 Å². The normalized spacial score (nSPS) is 15.1. The third-order valence-corrected chi connectivity index (χ3v) is 5.60. The zero-order chi connectivity index (χ0) is 23.7. The van der Waals surface area contributed by atoms with Gasteiger partial charge < -0.3 is 9.47 Å². The number of methoxy groups -OCH3 is 1. The zero-order valence-electron chi connectivity index (χ0n) is 18.6. The second kappa shape index (κ2) is 8.78. The van der Waals surface area contributed by atoms with Gasteiger partial charge in [-0.2, -0.15) is 5.01 Å². The van der Waals surface area contributed by atoms with E-state index in [0.29, 0.717) is 17.0 Å². The molecule has 7 nitrogen and oxygen atoms in total. The van der Waals surface area contributed by atoms with Crippen LogP contribution in [-0.2, 0) is 14.3 Å². The maximum atomic E-state index is 12.5. The Morgan fingerprint density at radius 3 is 2.32 bits per heavy atom. The number of pyridine rings is 1. The number of amides is 1. The fourth-order valence-electron chi connectivity index (χ4n) is 3.92. The third-order valence-electron chi connectivity index (χ3n) is 5.60. The van der Waals surface area contributed by atoms with Gasteiger partial charge in [0.2, 0.25) is 18.0 Å². The van der Waals surface area contributed by atoms with Gasteiger partial charge in [-0.1, -0.05) is 48.5 Å². The molecule has 1 aromatic heterocycles. The fourth-order valence-corrected chi connectivity index (χ4v) is 3.92. The molecule has 3 aromatic carbocycles. The predicted molar refractivity (Wildman–Crippen MR) is 128 cm³/mol. The highest BCUT2D eigenvalue weighted by Crippen LogP contribution is 2.36. The van der Waals surface area contributed by atoms with Gasteiger partial charge in [0, 0.05) is 29.0 Å². The Kier molecular flexibility index (Phi) is 5.51. The lowest BCUT2D eigenvalue weighted by Crippen LogP contribution is -2.25. The molecule has 0 aliphatic carbocycles. The number of carbonyl (C=O) groups is 2. The standard InChI is InChI=1S/C27H21N3O4/c1-17(31)30-26(34-25(29-30)19-12-14-20(15-13-19)27(32)33-2)22-16-24(18-8-4-3-5-9-18)28-23-11-7-6-10-21(22)23/h3-16,26H,1-2H3. The molecule has 7 heteroatoms. The highest BCUT2D eigenvalue weighted by Gasteiger charge is 2.34. The number of hydrogen-bond donors (Lipinski definition) is 0. The molecule has 0 spiro atoms. The van der Waals surface area contributed by atoms with Crippen LogP contribution in [0, 0.1) is 0 Å². The van der Waals surface area contributed by atoms with Crippen LogP contribution in [0.3, 0.4) is 0 Å². The van der Waals surface area contributed by atoms with Crippen LogP contribution >= 0.6 is 0 Å². The van der Waals surface area contributed by atoms with Crippen molar-refractivity contribution in [2.24, 2.45) is 5.10 Å². The van der Waals surface area contributed by atoms with Crippen LogP contribution in [0.2, 0.25) is 0 Å². The maximum Gasteiger partial charge on any atom is 0.337 e. The van der Waals surface area contributed by atoms with Crippen molar-refractivity contribution in [2.45, 2.75) is 13.2 Å². The minimum absolute atomic E-state index is 0.256. The van der Waals surface area contributed by atoms with Crippen molar-refractivity contribution in [1.82, 2.24) is 9.99 Å². The number of nitrogens with zero attached hydrogens (tertiary/aromatic N) is 3. The van der Waals surface area contributed by atoms with Crippen molar-refractivity contribution >= 4 is 28.7 Å². The van der Waals surface area contributed by atoms with Gasteiger partial charge in [0.15, 0.2) is 0 Å². The highest BCUT2D eigenvalue weighted by molar-refractivity contribution is 5.98. The van der Waals surface area contributed by atoms with Crippen molar-refractivity contribution in [3.63, 3.8) is 0 Å². The van der Waals surface area contributed by atoms with E-state index in [0.717, 1.165) is 27.7 Å². The molecule has 5 rings (SSSR count). The Morgan fingerprint density at radius 2 is 1.62 bits per heavy atom. The molecule has 1 aliphatic rings. The van der Waals surface area contributed by atoms with Gasteiger partial charge in [-0.3, -0.25) is 4.79 Å². The van der Waals surface area contributed by atoms with Gasteiger partial charge in [-0.05, 0) is 36.4 Å². The number of carbonyl (C=O) groups excluding carboxylic acids is 2. The van der Waals surface area contributed by atoms with Gasteiger partial charge in [0.1, 0.15) is 0 Å². The molecule has 1 aliphatic heterocycles. The summed E-state index contributed by atoms with van der Waals surface area (Å²) in [6, 6.07) is 26.2. The zero-order valence-corrected chi connectivity index (χ0v) is 18.6. The first kappa shape index (κ1) is 21.3. The molecule has 1 amide bonds. The van der Waals surface area contributed by atoms with E-state index in [9.17, 15) is 9.59 Å². The van der Waals surface area contributed by atoms with Crippen LogP contribution in [0.25, 0.3) is 22.2 Å². The maximum absolute atomic E-state index is 12.5. The summed E-state index contributed by atoms with van der Waals surface area (Å²) in [5, 5.41) is 6.67. The van der Waals surface area contributed by atoms with E-state index in [-0.39, 0.29) is 5.91 Å². The van der Waals surface area contributed by atoms with Crippen LogP contribution in [0.15, 0.2) is 90.0 Å². The fraction of sp³-hybridized carbons (Fsp3) is 0.111. The minimum Gasteiger partial charge on any atom is -0.465 e. The molecular formula is C27H21N3O4. The number of hydrogen-bond acceptors (Lipinski definition) is 6.